The van der Waals surface area contributed by atoms with Crippen LogP contribution in [0.1, 0.15) is 27.5 Å². The Kier molecular flexibility index (Phi) is 7.95. The van der Waals surface area contributed by atoms with Crippen molar-refractivity contribution in [3.8, 4) is 11.5 Å². The van der Waals surface area contributed by atoms with Gasteiger partial charge in [-0.05, 0) is 48.4 Å². The molecule has 4 aromatic rings. The van der Waals surface area contributed by atoms with E-state index in [0.717, 1.165) is 40.8 Å². The summed E-state index contributed by atoms with van der Waals surface area (Å²) in [5.74, 6) is -3.55. The van der Waals surface area contributed by atoms with Gasteiger partial charge in [0.15, 0.2) is 18.1 Å². The lowest BCUT2D eigenvalue weighted by Gasteiger charge is -2.30. The summed E-state index contributed by atoms with van der Waals surface area (Å²) < 4.78 is 52.9. The van der Waals surface area contributed by atoms with Crippen LogP contribution in [0.5, 0.6) is 11.5 Å². The zero-order valence-electron chi connectivity index (χ0n) is 23.6. The van der Waals surface area contributed by atoms with E-state index in [2.05, 4.69) is 10.3 Å². The number of aromatic nitrogens is 1. The number of anilines is 2. The zero-order valence-corrected chi connectivity index (χ0v) is 25.3. The number of hydrogen-bond acceptors (Lipinski definition) is 8. The predicted octanol–water partition coefficient (Wildman–Crippen LogP) is 5.59. The maximum atomic E-state index is 13.9. The fraction of sp³-hybridized carbons (Fsp3) is 0.226. The topological polar surface area (TPSA) is 118 Å². The fourth-order valence-corrected chi connectivity index (χ4v) is 8.08. The van der Waals surface area contributed by atoms with Gasteiger partial charge in [-0.3, -0.25) is 19.2 Å². The first-order chi connectivity index (χ1) is 21.5. The highest BCUT2D eigenvalue weighted by Crippen LogP contribution is 2.54. The van der Waals surface area contributed by atoms with Crippen molar-refractivity contribution in [3.05, 3.63) is 98.0 Å². The fourth-order valence-electron chi connectivity index (χ4n) is 5.56. The Morgan fingerprint density at radius 1 is 1.00 bits per heavy atom. The molecule has 2 N–H and O–H groups in total. The molecule has 232 valence electrons. The molecule has 0 saturated carbocycles. The van der Waals surface area contributed by atoms with E-state index >= 15 is 0 Å². The van der Waals surface area contributed by atoms with E-state index in [1.165, 1.54) is 19.2 Å². The standard InChI is InChI=1S/C31H24F3N3O6S2/c1-15-7-3-5-9-18(15)35-22(38)14-43-20-12-11-16(13-21(20)42-2)23-24-26(44-27-25(23)45-30(41)36-27)29(40)37(28(24)39)19-10-6-4-8-17(19)31(32,33)34/h3-13,23-24,26H,14H2,1-2H3,(H,35,38)(H,36,41). The maximum absolute atomic E-state index is 13.9. The molecule has 1 fully saturated rings. The van der Waals surface area contributed by atoms with Crippen LogP contribution < -0.4 is 24.6 Å². The minimum Gasteiger partial charge on any atom is -0.493 e. The summed E-state index contributed by atoms with van der Waals surface area (Å²) in [6.45, 7) is 1.52. The van der Waals surface area contributed by atoms with Gasteiger partial charge in [0.25, 0.3) is 5.91 Å². The molecule has 0 spiro atoms. The van der Waals surface area contributed by atoms with E-state index in [-0.39, 0.29) is 18.1 Å². The van der Waals surface area contributed by atoms with E-state index in [1.54, 1.807) is 30.3 Å². The average Bonchev–Trinajstić information content (AvgIpc) is 3.50. The van der Waals surface area contributed by atoms with Gasteiger partial charge in [-0.15, -0.1) is 0 Å². The molecule has 45 heavy (non-hydrogen) atoms. The second-order valence-electron chi connectivity index (χ2n) is 10.3. The number of methoxy groups -OCH3 is 1. The Morgan fingerprint density at radius 3 is 2.47 bits per heavy atom. The number of hydrogen-bond donors (Lipinski definition) is 2. The Bertz CT molecular complexity index is 1890. The number of aryl methyl sites for hydroxylation is 1. The van der Waals surface area contributed by atoms with Crippen molar-refractivity contribution in [3.63, 3.8) is 0 Å². The number of aromatic amines is 1. The van der Waals surface area contributed by atoms with Crippen LogP contribution in [0.4, 0.5) is 24.5 Å². The largest absolute Gasteiger partial charge is 0.493 e. The first kappa shape index (κ1) is 30.5. The van der Waals surface area contributed by atoms with Crippen LogP contribution in [-0.4, -0.2) is 41.7 Å². The van der Waals surface area contributed by atoms with E-state index < -0.39 is 57.1 Å². The molecule has 2 aliphatic heterocycles. The lowest BCUT2D eigenvalue weighted by Crippen LogP contribution is -2.33. The molecule has 1 saturated heterocycles. The second kappa shape index (κ2) is 11.7. The number of imide groups is 1. The van der Waals surface area contributed by atoms with Crippen LogP contribution in [0.2, 0.25) is 0 Å². The minimum atomic E-state index is -4.80. The van der Waals surface area contributed by atoms with Crippen molar-refractivity contribution < 1.29 is 37.0 Å². The molecule has 3 heterocycles. The van der Waals surface area contributed by atoms with Gasteiger partial charge in [0.1, 0.15) is 5.25 Å². The summed E-state index contributed by atoms with van der Waals surface area (Å²) in [5.41, 5.74) is 0.341. The van der Waals surface area contributed by atoms with Crippen molar-refractivity contribution in [2.45, 2.75) is 29.3 Å². The monoisotopic (exact) mass is 655 g/mol. The van der Waals surface area contributed by atoms with E-state index in [9.17, 15) is 32.3 Å². The van der Waals surface area contributed by atoms with Gasteiger partial charge in [-0.25, -0.2) is 4.90 Å². The van der Waals surface area contributed by atoms with Crippen molar-refractivity contribution in [1.82, 2.24) is 4.98 Å². The van der Waals surface area contributed by atoms with Crippen LogP contribution in [0.15, 0.2) is 76.6 Å². The van der Waals surface area contributed by atoms with E-state index in [1.807, 2.05) is 19.1 Å². The molecule has 3 amide bonds. The maximum Gasteiger partial charge on any atom is 0.418 e. The number of H-pyrrole nitrogens is 1. The summed E-state index contributed by atoms with van der Waals surface area (Å²) in [4.78, 5) is 55.9. The molecule has 3 atom stereocenters. The molecule has 0 aliphatic carbocycles. The summed E-state index contributed by atoms with van der Waals surface area (Å²) >= 11 is 1.82. The van der Waals surface area contributed by atoms with E-state index in [4.69, 9.17) is 9.47 Å². The minimum absolute atomic E-state index is 0.214. The van der Waals surface area contributed by atoms with Crippen LogP contribution in [0, 0.1) is 12.8 Å². The third kappa shape index (κ3) is 5.59. The first-order valence-corrected chi connectivity index (χ1v) is 15.3. The molecule has 0 bridgehead atoms. The molecular formula is C31H24F3N3O6S2. The number of carbonyl (C=O) groups is 3. The molecule has 3 aromatic carbocycles. The average molecular weight is 656 g/mol. The van der Waals surface area contributed by atoms with Crippen molar-refractivity contribution in [1.29, 1.82) is 0 Å². The molecule has 1 aromatic heterocycles. The number of para-hydroxylation sites is 2. The highest BCUT2D eigenvalue weighted by Gasteiger charge is 2.57. The molecule has 0 radical (unpaired) electrons. The summed E-state index contributed by atoms with van der Waals surface area (Å²) in [5, 5.41) is 2.06. The van der Waals surface area contributed by atoms with Crippen molar-refractivity contribution in [2.75, 3.05) is 23.9 Å². The van der Waals surface area contributed by atoms with Crippen LogP contribution >= 0.6 is 23.1 Å². The molecule has 14 heteroatoms. The van der Waals surface area contributed by atoms with Gasteiger partial charge in [0, 0.05) is 16.5 Å². The smallest absolute Gasteiger partial charge is 0.418 e. The van der Waals surface area contributed by atoms with Crippen LogP contribution in [-0.2, 0) is 20.6 Å². The molecule has 2 aliphatic rings. The van der Waals surface area contributed by atoms with Crippen molar-refractivity contribution in [2.24, 2.45) is 5.92 Å². The molecular weight excluding hydrogens is 631 g/mol. The van der Waals surface area contributed by atoms with Gasteiger partial charge >= 0.3 is 11.0 Å². The summed E-state index contributed by atoms with van der Waals surface area (Å²) in [7, 11) is 1.39. The number of amides is 3. The van der Waals surface area contributed by atoms with Crippen LogP contribution in [0.25, 0.3) is 0 Å². The third-order valence-electron chi connectivity index (χ3n) is 7.60. The number of nitrogens with zero attached hydrogens (tertiary/aromatic N) is 1. The summed E-state index contributed by atoms with van der Waals surface area (Å²) in [6, 6.07) is 16.4. The molecule has 3 unspecified atom stereocenters. The Morgan fingerprint density at radius 2 is 1.73 bits per heavy atom. The van der Waals surface area contributed by atoms with Gasteiger partial charge in [0.2, 0.25) is 11.8 Å². The normalized spacial score (nSPS) is 19.2. The molecule has 6 rings (SSSR count). The van der Waals surface area contributed by atoms with Crippen LogP contribution in [0.3, 0.4) is 0 Å². The van der Waals surface area contributed by atoms with Gasteiger partial charge in [-0.2, -0.15) is 13.2 Å². The van der Waals surface area contributed by atoms with Gasteiger partial charge in [0.05, 0.1) is 29.3 Å². The van der Waals surface area contributed by atoms with Crippen molar-refractivity contribution >= 4 is 52.2 Å². The Labute approximate surface area is 262 Å². The number of benzene rings is 3. The SMILES string of the molecule is COc1cc(C2c3sc(=O)[nH]c3SC3C(=O)N(c4ccccc4C(F)(F)F)C(=O)C32)ccc1OCC(=O)Nc1ccccc1C. The number of fused-ring (bicyclic) bond motifs is 2. The number of nitrogens with one attached hydrogen (secondary N) is 2. The number of rotatable bonds is 7. The quantitative estimate of drug-likeness (QED) is 0.250. The zero-order chi connectivity index (χ0) is 32.0. The highest BCUT2D eigenvalue weighted by molar-refractivity contribution is 8.00. The number of thioether (sulfide) groups is 1. The predicted molar refractivity (Wildman–Crippen MR) is 162 cm³/mol. The van der Waals surface area contributed by atoms with Gasteiger partial charge < -0.3 is 19.8 Å². The first-order valence-electron chi connectivity index (χ1n) is 13.6. The number of carbonyl (C=O) groups excluding carboxylic acids is 3. The Balaban J connectivity index is 1.33. The lowest BCUT2D eigenvalue weighted by molar-refractivity contribution is -0.137. The summed E-state index contributed by atoms with van der Waals surface area (Å²) in [6.07, 6.45) is -4.80. The number of ether oxygens (including phenoxy) is 2. The number of halogens is 3. The second-order valence-corrected chi connectivity index (χ2v) is 12.5. The lowest BCUT2D eigenvalue weighted by atomic mass is 9.83. The number of alkyl halides is 3. The van der Waals surface area contributed by atoms with Gasteiger partial charge in [-0.1, -0.05) is 59.5 Å². The molecule has 9 nitrogen and oxygen atoms in total. The third-order valence-corrected chi connectivity index (χ3v) is 10.0. The number of thiazole rings is 1. The van der Waals surface area contributed by atoms with E-state index in [0.29, 0.717) is 26.1 Å². The highest BCUT2D eigenvalue weighted by atomic mass is 32.2. The Hall–Kier alpha value is -4.56.